The lowest BCUT2D eigenvalue weighted by molar-refractivity contribution is -0.141. The standard InChI is InChI=1S/C14H16N2O2/c1-9-6-7-12(16-10(2)14(17)18-3)11-5-4-8-15-13(9)11/h4-8,10,16H,1-3H3. The summed E-state index contributed by atoms with van der Waals surface area (Å²) >= 11 is 0. The molecule has 0 amide bonds. The molecule has 1 unspecified atom stereocenters. The number of aryl methyl sites for hydroxylation is 1. The number of aromatic nitrogens is 1. The number of esters is 1. The van der Waals surface area contributed by atoms with Crippen LogP contribution in [0.1, 0.15) is 12.5 Å². The molecule has 1 N–H and O–H groups in total. The number of benzene rings is 1. The van der Waals surface area contributed by atoms with Crippen molar-refractivity contribution < 1.29 is 9.53 Å². The monoisotopic (exact) mass is 244 g/mol. The summed E-state index contributed by atoms with van der Waals surface area (Å²) in [5.74, 6) is -0.285. The Labute approximate surface area is 106 Å². The van der Waals surface area contributed by atoms with Crippen molar-refractivity contribution in [2.24, 2.45) is 0 Å². The van der Waals surface area contributed by atoms with Gasteiger partial charge in [-0.25, -0.2) is 4.79 Å². The Morgan fingerprint density at radius 2 is 2.17 bits per heavy atom. The molecule has 0 spiro atoms. The van der Waals surface area contributed by atoms with E-state index in [2.05, 4.69) is 10.3 Å². The third-order valence-electron chi connectivity index (χ3n) is 2.90. The second-order valence-electron chi connectivity index (χ2n) is 4.22. The fourth-order valence-electron chi connectivity index (χ4n) is 1.91. The Hall–Kier alpha value is -2.10. The van der Waals surface area contributed by atoms with Crippen LogP contribution in [0.5, 0.6) is 0 Å². The summed E-state index contributed by atoms with van der Waals surface area (Å²) in [6.45, 7) is 3.79. The molecular formula is C14H16N2O2. The van der Waals surface area contributed by atoms with Gasteiger partial charge in [0.15, 0.2) is 0 Å². The summed E-state index contributed by atoms with van der Waals surface area (Å²) in [4.78, 5) is 15.8. The zero-order chi connectivity index (χ0) is 13.1. The van der Waals surface area contributed by atoms with E-state index in [1.165, 1.54) is 7.11 Å². The number of nitrogens with zero attached hydrogens (tertiary/aromatic N) is 1. The Balaban J connectivity index is 2.40. The van der Waals surface area contributed by atoms with Crippen LogP contribution in [-0.4, -0.2) is 24.1 Å². The highest BCUT2D eigenvalue weighted by molar-refractivity contribution is 5.94. The molecule has 0 fully saturated rings. The molecule has 0 aliphatic carbocycles. The average Bonchev–Trinajstić information content (AvgIpc) is 2.41. The largest absolute Gasteiger partial charge is 0.467 e. The lowest BCUT2D eigenvalue weighted by Gasteiger charge is -2.15. The van der Waals surface area contributed by atoms with E-state index in [4.69, 9.17) is 4.74 Å². The van der Waals surface area contributed by atoms with Crippen LogP contribution in [0.25, 0.3) is 10.9 Å². The third-order valence-corrected chi connectivity index (χ3v) is 2.90. The normalized spacial score (nSPS) is 12.2. The van der Waals surface area contributed by atoms with Gasteiger partial charge in [0.05, 0.1) is 12.6 Å². The third kappa shape index (κ3) is 2.27. The van der Waals surface area contributed by atoms with Crippen molar-refractivity contribution >= 4 is 22.6 Å². The van der Waals surface area contributed by atoms with E-state index in [0.717, 1.165) is 22.2 Å². The molecule has 1 heterocycles. The van der Waals surface area contributed by atoms with Gasteiger partial charge in [0.25, 0.3) is 0 Å². The highest BCUT2D eigenvalue weighted by Gasteiger charge is 2.14. The number of hydrogen-bond donors (Lipinski definition) is 1. The maximum absolute atomic E-state index is 11.4. The minimum Gasteiger partial charge on any atom is -0.467 e. The number of fused-ring (bicyclic) bond motifs is 1. The van der Waals surface area contributed by atoms with Crippen LogP contribution in [0.15, 0.2) is 30.5 Å². The van der Waals surface area contributed by atoms with Crippen molar-refractivity contribution in [1.29, 1.82) is 0 Å². The number of ether oxygens (including phenoxy) is 1. The summed E-state index contributed by atoms with van der Waals surface area (Å²) in [7, 11) is 1.38. The maximum atomic E-state index is 11.4. The average molecular weight is 244 g/mol. The first-order chi connectivity index (χ1) is 8.63. The van der Waals surface area contributed by atoms with E-state index in [1.54, 1.807) is 13.1 Å². The van der Waals surface area contributed by atoms with Crippen molar-refractivity contribution in [2.75, 3.05) is 12.4 Å². The number of anilines is 1. The van der Waals surface area contributed by atoms with Crippen LogP contribution >= 0.6 is 0 Å². The van der Waals surface area contributed by atoms with Crippen LogP contribution in [0.4, 0.5) is 5.69 Å². The SMILES string of the molecule is COC(=O)C(C)Nc1ccc(C)c2ncccc12. The highest BCUT2D eigenvalue weighted by Crippen LogP contribution is 2.25. The molecule has 0 aliphatic heterocycles. The molecule has 0 saturated carbocycles. The van der Waals surface area contributed by atoms with Crippen molar-refractivity contribution in [1.82, 2.24) is 4.98 Å². The molecule has 4 heteroatoms. The van der Waals surface area contributed by atoms with Gasteiger partial charge in [-0.1, -0.05) is 6.07 Å². The maximum Gasteiger partial charge on any atom is 0.327 e. The van der Waals surface area contributed by atoms with Gasteiger partial charge in [0.2, 0.25) is 0 Å². The van der Waals surface area contributed by atoms with Gasteiger partial charge in [-0.15, -0.1) is 0 Å². The minimum absolute atomic E-state index is 0.285. The molecule has 0 bridgehead atoms. The van der Waals surface area contributed by atoms with Crippen LogP contribution in [0.3, 0.4) is 0 Å². The first-order valence-corrected chi connectivity index (χ1v) is 5.82. The predicted octanol–water partition coefficient (Wildman–Crippen LogP) is 2.52. The Kier molecular flexibility index (Phi) is 3.46. The topological polar surface area (TPSA) is 51.2 Å². The summed E-state index contributed by atoms with van der Waals surface area (Å²) in [6, 6.07) is 7.43. The lowest BCUT2D eigenvalue weighted by atomic mass is 10.1. The summed E-state index contributed by atoms with van der Waals surface area (Å²) in [5.41, 5.74) is 2.95. The molecule has 4 nitrogen and oxygen atoms in total. The highest BCUT2D eigenvalue weighted by atomic mass is 16.5. The number of methoxy groups -OCH3 is 1. The van der Waals surface area contributed by atoms with Crippen molar-refractivity contribution in [3.8, 4) is 0 Å². The molecule has 2 rings (SSSR count). The number of nitrogens with one attached hydrogen (secondary N) is 1. The summed E-state index contributed by atoms with van der Waals surface area (Å²) in [5, 5.41) is 4.16. The van der Waals surface area contributed by atoms with Crippen LogP contribution < -0.4 is 5.32 Å². The van der Waals surface area contributed by atoms with Gasteiger partial charge in [-0.3, -0.25) is 4.98 Å². The van der Waals surface area contributed by atoms with E-state index < -0.39 is 0 Å². The second kappa shape index (κ2) is 5.04. The summed E-state index contributed by atoms with van der Waals surface area (Å²) in [6.07, 6.45) is 1.77. The van der Waals surface area contributed by atoms with Gasteiger partial charge < -0.3 is 10.1 Å². The number of carbonyl (C=O) groups is 1. The quantitative estimate of drug-likeness (QED) is 0.843. The van der Waals surface area contributed by atoms with E-state index in [9.17, 15) is 4.79 Å². The molecular weight excluding hydrogens is 228 g/mol. The van der Waals surface area contributed by atoms with Crippen LogP contribution in [-0.2, 0) is 9.53 Å². The smallest absolute Gasteiger partial charge is 0.327 e. The molecule has 0 radical (unpaired) electrons. The van der Waals surface area contributed by atoms with Gasteiger partial charge in [-0.2, -0.15) is 0 Å². The molecule has 1 aromatic carbocycles. The van der Waals surface area contributed by atoms with Gasteiger partial charge in [0.1, 0.15) is 6.04 Å². The molecule has 0 saturated heterocycles. The fourth-order valence-corrected chi connectivity index (χ4v) is 1.91. The fraction of sp³-hybridized carbons (Fsp3) is 0.286. The minimum atomic E-state index is -0.388. The van der Waals surface area contributed by atoms with Gasteiger partial charge in [0, 0.05) is 17.3 Å². The van der Waals surface area contributed by atoms with E-state index >= 15 is 0 Å². The van der Waals surface area contributed by atoms with Gasteiger partial charge in [-0.05, 0) is 37.6 Å². The van der Waals surface area contributed by atoms with Crippen LogP contribution in [0, 0.1) is 6.92 Å². The molecule has 1 atom stereocenters. The van der Waals surface area contributed by atoms with E-state index in [-0.39, 0.29) is 12.0 Å². The number of pyridine rings is 1. The Morgan fingerprint density at radius 1 is 1.39 bits per heavy atom. The first-order valence-electron chi connectivity index (χ1n) is 5.82. The number of rotatable bonds is 3. The lowest BCUT2D eigenvalue weighted by Crippen LogP contribution is -2.27. The Morgan fingerprint density at radius 3 is 2.89 bits per heavy atom. The number of hydrogen-bond acceptors (Lipinski definition) is 4. The summed E-state index contributed by atoms with van der Waals surface area (Å²) < 4.78 is 4.70. The first kappa shape index (κ1) is 12.4. The second-order valence-corrected chi connectivity index (χ2v) is 4.22. The zero-order valence-corrected chi connectivity index (χ0v) is 10.7. The van der Waals surface area contributed by atoms with Crippen molar-refractivity contribution in [3.63, 3.8) is 0 Å². The van der Waals surface area contributed by atoms with E-state index in [1.807, 2.05) is 31.2 Å². The molecule has 0 aliphatic rings. The Bertz CT molecular complexity index is 581. The van der Waals surface area contributed by atoms with E-state index in [0.29, 0.717) is 0 Å². The van der Waals surface area contributed by atoms with Crippen molar-refractivity contribution in [2.45, 2.75) is 19.9 Å². The molecule has 18 heavy (non-hydrogen) atoms. The van der Waals surface area contributed by atoms with Crippen LogP contribution in [0.2, 0.25) is 0 Å². The predicted molar refractivity (Wildman–Crippen MR) is 71.6 cm³/mol. The zero-order valence-electron chi connectivity index (χ0n) is 10.7. The van der Waals surface area contributed by atoms with Crippen molar-refractivity contribution in [3.05, 3.63) is 36.0 Å². The molecule has 94 valence electrons. The number of carbonyl (C=O) groups excluding carboxylic acids is 1. The van der Waals surface area contributed by atoms with Gasteiger partial charge >= 0.3 is 5.97 Å². The molecule has 2 aromatic rings. The molecule has 1 aromatic heterocycles.